The standard InChI is InChI=1S/C19H16FNO4/c1-23-14-7-8-16-15(9-14)18(10-17(21-16)19(22)24-2)25-11-12-3-5-13(20)6-4-12/h3-10H,11H2,1-2H3. The molecule has 0 N–H and O–H groups in total. The number of carbonyl (C=O) groups excluding carboxylic acids is 1. The Morgan fingerprint density at radius 1 is 1.08 bits per heavy atom. The number of pyridine rings is 1. The highest BCUT2D eigenvalue weighted by atomic mass is 19.1. The zero-order chi connectivity index (χ0) is 17.8. The van der Waals surface area contributed by atoms with Crippen molar-refractivity contribution in [1.82, 2.24) is 4.98 Å². The average Bonchev–Trinajstić information content (AvgIpc) is 2.66. The quantitative estimate of drug-likeness (QED) is 0.662. The first-order valence-electron chi connectivity index (χ1n) is 7.55. The normalized spacial score (nSPS) is 10.5. The van der Waals surface area contributed by atoms with Crippen LogP contribution in [0.3, 0.4) is 0 Å². The highest BCUT2D eigenvalue weighted by Crippen LogP contribution is 2.30. The molecule has 0 fully saturated rings. The maximum absolute atomic E-state index is 13.0. The molecule has 0 aliphatic carbocycles. The first kappa shape index (κ1) is 16.7. The molecule has 0 spiro atoms. The van der Waals surface area contributed by atoms with E-state index < -0.39 is 5.97 Å². The fourth-order valence-corrected chi connectivity index (χ4v) is 2.37. The summed E-state index contributed by atoms with van der Waals surface area (Å²) in [5, 5.41) is 0.703. The molecular weight excluding hydrogens is 325 g/mol. The number of halogens is 1. The van der Waals surface area contributed by atoms with Gasteiger partial charge in [0.15, 0.2) is 5.69 Å². The molecule has 6 heteroatoms. The molecule has 0 aliphatic rings. The Hall–Kier alpha value is -3.15. The van der Waals surface area contributed by atoms with Gasteiger partial charge in [-0.2, -0.15) is 0 Å². The van der Waals surface area contributed by atoms with Gasteiger partial charge < -0.3 is 14.2 Å². The zero-order valence-electron chi connectivity index (χ0n) is 13.8. The molecule has 2 aromatic carbocycles. The van der Waals surface area contributed by atoms with Crippen molar-refractivity contribution in [3.05, 3.63) is 65.6 Å². The predicted molar refractivity (Wildman–Crippen MR) is 90.4 cm³/mol. The Bertz CT molecular complexity index is 909. The fraction of sp³-hybridized carbons (Fsp3) is 0.158. The molecule has 1 heterocycles. The van der Waals surface area contributed by atoms with Crippen molar-refractivity contribution in [2.75, 3.05) is 14.2 Å². The lowest BCUT2D eigenvalue weighted by Gasteiger charge is -2.12. The average molecular weight is 341 g/mol. The molecule has 25 heavy (non-hydrogen) atoms. The summed E-state index contributed by atoms with van der Waals surface area (Å²) < 4.78 is 28.8. The zero-order valence-corrected chi connectivity index (χ0v) is 13.8. The SMILES string of the molecule is COC(=O)c1cc(OCc2ccc(F)cc2)c2cc(OC)ccc2n1. The van der Waals surface area contributed by atoms with Crippen molar-refractivity contribution in [1.29, 1.82) is 0 Å². The molecule has 0 amide bonds. The Kier molecular flexibility index (Phi) is 4.79. The highest BCUT2D eigenvalue weighted by molar-refractivity contribution is 5.94. The van der Waals surface area contributed by atoms with Gasteiger partial charge in [0.2, 0.25) is 0 Å². The number of aromatic nitrogens is 1. The van der Waals surface area contributed by atoms with Gasteiger partial charge in [-0.3, -0.25) is 0 Å². The number of carbonyl (C=O) groups is 1. The van der Waals surface area contributed by atoms with E-state index in [9.17, 15) is 9.18 Å². The smallest absolute Gasteiger partial charge is 0.356 e. The van der Waals surface area contributed by atoms with Crippen LogP contribution < -0.4 is 9.47 Å². The summed E-state index contributed by atoms with van der Waals surface area (Å²) in [5.41, 5.74) is 1.53. The van der Waals surface area contributed by atoms with Crippen LogP contribution in [0.15, 0.2) is 48.5 Å². The molecule has 0 saturated carbocycles. The van der Waals surface area contributed by atoms with Crippen LogP contribution in [0, 0.1) is 5.82 Å². The number of esters is 1. The maximum Gasteiger partial charge on any atom is 0.356 e. The molecule has 0 saturated heterocycles. The van der Waals surface area contributed by atoms with Gasteiger partial charge in [0.1, 0.15) is 23.9 Å². The van der Waals surface area contributed by atoms with Crippen molar-refractivity contribution < 1.29 is 23.4 Å². The molecule has 0 bridgehead atoms. The number of methoxy groups -OCH3 is 2. The summed E-state index contributed by atoms with van der Waals surface area (Å²) >= 11 is 0. The van der Waals surface area contributed by atoms with E-state index >= 15 is 0 Å². The number of fused-ring (bicyclic) bond motifs is 1. The van der Waals surface area contributed by atoms with E-state index in [2.05, 4.69) is 4.98 Å². The molecule has 1 aromatic heterocycles. The summed E-state index contributed by atoms with van der Waals surface area (Å²) in [5.74, 6) is 0.251. The van der Waals surface area contributed by atoms with E-state index in [1.807, 2.05) is 0 Å². The Morgan fingerprint density at radius 3 is 2.52 bits per heavy atom. The van der Waals surface area contributed by atoms with Crippen LogP contribution in [0.5, 0.6) is 11.5 Å². The molecular formula is C19H16FNO4. The number of ether oxygens (including phenoxy) is 3. The van der Waals surface area contributed by atoms with Crippen molar-refractivity contribution in [3.63, 3.8) is 0 Å². The van der Waals surface area contributed by atoms with Gasteiger partial charge in [-0.1, -0.05) is 12.1 Å². The van der Waals surface area contributed by atoms with Crippen LogP contribution in [-0.4, -0.2) is 25.2 Å². The third-order valence-corrected chi connectivity index (χ3v) is 3.68. The lowest BCUT2D eigenvalue weighted by Crippen LogP contribution is -2.06. The van der Waals surface area contributed by atoms with E-state index in [-0.39, 0.29) is 18.1 Å². The van der Waals surface area contributed by atoms with Crippen molar-refractivity contribution >= 4 is 16.9 Å². The minimum absolute atomic E-state index is 0.147. The summed E-state index contributed by atoms with van der Waals surface area (Å²) in [6.45, 7) is 0.219. The Morgan fingerprint density at radius 2 is 1.84 bits per heavy atom. The van der Waals surface area contributed by atoms with Crippen molar-refractivity contribution in [3.8, 4) is 11.5 Å². The summed E-state index contributed by atoms with van der Waals surface area (Å²) in [7, 11) is 2.86. The van der Waals surface area contributed by atoms with Crippen LogP contribution >= 0.6 is 0 Å². The third-order valence-electron chi connectivity index (χ3n) is 3.68. The van der Waals surface area contributed by atoms with Gasteiger partial charge in [0.05, 0.1) is 19.7 Å². The molecule has 5 nitrogen and oxygen atoms in total. The Balaban J connectivity index is 2.00. The molecule has 3 rings (SSSR count). The van der Waals surface area contributed by atoms with Crippen LogP contribution in [0.1, 0.15) is 16.1 Å². The van der Waals surface area contributed by atoms with Gasteiger partial charge in [0.25, 0.3) is 0 Å². The first-order chi connectivity index (χ1) is 12.1. The van der Waals surface area contributed by atoms with Crippen molar-refractivity contribution in [2.45, 2.75) is 6.61 Å². The molecule has 0 radical (unpaired) electrons. The van der Waals surface area contributed by atoms with E-state index in [1.54, 1.807) is 37.4 Å². The van der Waals surface area contributed by atoms with E-state index in [0.29, 0.717) is 22.4 Å². The van der Waals surface area contributed by atoms with Crippen LogP contribution in [0.25, 0.3) is 10.9 Å². The second-order valence-electron chi connectivity index (χ2n) is 5.30. The van der Waals surface area contributed by atoms with E-state index in [0.717, 1.165) is 5.56 Å². The van der Waals surface area contributed by atoms with E-state index in [1.165, 1.54) is 25.3 Å². The molecule has 0 unspecified atom stereocenters. The largest absolute Gasteiger partial charge is 0.497 e. The van der Waals surface area contributed by atoms with E-state index in [4.69, 9.17) is 14.2 Å². The minimum Gasteiger partial charge on any atom is -0.497 e. The number of benzene rings is 2. The lowest BCUT2D eigenvalue weighted by atomic mass is 10.1. The summed E-state index contributed by atoms with van der Waals surface area (Å²) in [6.07, 6.45) is 0. The topological polar surface area (TPSA) is 57.7 Å². The van der Waals surface area contributed by atoms with Crippen LogP contribution in [-0.2, 0) is 11.3 Å². The number of hydrogen-bond donors (Lipinski definition) is 0. The van der Waals surface area contributed by atoms with Gasteiger partial charge in [-0.25, -0.2) is 14.2 Å². The van der Waals surface area contributed by atoms with Gasteiger partial charge in [0, 0.05) is 11.5 Å². The van der Waals surface area contributed by atoms with Crippen LogP contribution in [0.2, 0.25) is 0 Å². The first-order valence-corrected chi connectivity index (χ1v) is 7.55. The van der Waals surface area contributed by atoms with Gasteiger partial charge >= 0.3 is 5.97 Å². The monoisotopic (exact) mass is 341 g/mol. The van der Waals surface area contributed by atoms with Crippen LogP contribution in [0.4, 0.5) is 4.39 Å². The van der Waals surface area contributed by atoms with Crippen molar-refractivity contribution in [2.24, 2.45) is 0 Å². The summed E-state index contributed by atoms with van der Waals surface area (Å²) in [4.78, 5) is 16.1. The molecule has 128 valence electrons. The predicted octanol–water partition coefficient (Wildman–Crippen LogP) is 3.75. The fourth-order valence-electron chi connectivity index (χ4n) is 2.37. The lowest BCUT2D eigenvalue weighted by molar-refractivity contribution is 0.0594. The second-order valence-corrected chi connectivity index (χ2v) is 5.30. The number of hydrogen-bond acceptors (Lipinski definition) is 5. The molecule has 0 atom stereocenters. The van der Waals surface area contributed by atoms with Gasteiger partial charge in [-0.15, -0.1) is 0 Å². The number of nitrogens with zero attached hydrogens (tertiary/aromatic N) is 1. The summed E-state index contributed by atoms with van der Waals surface area (Å²) in [6, 6.07) is 12.8. The molecule has 3 aromatic rings. The number of rotatable bonds is 5. The highest BCUT2D eigenvalue weighted by Gasteiger charge is 2.14. The maximum atomic E-state index is 13.0. The minimum atomic E-state index is -0.552. The molecule has 0 aliphatic heterocycles. The third kappa shape index (κ3) is 3.68. The second kappa shape index (κ2) is 7.17. The Labute approximate surface area is 144 Å². The van der Waals surface area contributed by atoms with Gasteiger partial charge in [-0.05, 0) is 35.9 Å².